The molecule has 0 spiro atoms. The van der Waals surface area contributed by atoms with Crippen molar-refractivity contribution in [1.82, 2.24) is 4.57 Å². The summed E-state index contributed by atoms with van der Waals surface area (Å²) in [6.45, 7) is 9.61. The van der Waals surface area contributed by atoms with Crippen molar-refractivity contribution in [3.8, 4) is 39.1 Å². The van der Waals surface area contributed by atoms with Crippen molar-refractivity contribution >= 4 is 38.9 Å². The minimum atomic E-state index is -0.279. The highest BCUT2D eigenvalue weighted by Gasteiger charge is 2.41. The Labute approximate surface area is 328 Å². The van der Waals surface area contributed by atoms with E-state index in [9.17, 15) is 0 Å². The zero-order valence-electron chi connectivity index (χ0n) is 32.2. The molecule has 56 heavy (non-hydrogen) atoms. The molecule has 1 aliphatic carbocycles. The number of fused-ring (bicyclic) bond motifs is 9. The van der Waals surface area contributed by atoms with E-state index < -0.39 is 0 Å². The molecule has 9 aromatic rings. The maximum absolute atomic E-state index is 2.52. The van der Waals surface area contributed by atoms with Crippen molar-refractivity contribution in [3.05, 3.63) is 204 Å². The molecule has 0 unspecified atom stereocenters. The molecular formula is C54H42N2. The number of rotatable bonds is 4. The standard InChI is InChI=1S/C54H42N2/c1-53(2)44-20-12-11-19-41(44)42-33-43-50(34-46(42)53)56(40-29-25-38(26-30-40)36-17-9-6-10-18-36)48-31-32-49-52(51(43)48)54(3,4)45-21-13-14-22-47(45)55(49)39-27-23-37(24-28-39)35-15-7-5-8-16-35/h5-34H,1-4H3. The first-order chi connectivity index (χ1) is 27.3. The average Bonchev–Trinajstić information content (AvgIpc) is 3.68. The van der Waals surface area contributed by atoms with Gasteiger partial charge >= 0.3 is 0 Å². The fraction of sp³-hybridized carbons (Fsp3) is 0.111. The summed E-state index contributed by atoms with van der Waals surface area (Å²) in [5, 5.41) is 2.61. The first-order valence-corrected chi connectivity index (χ1v) is 19.8. The summed E-state index contributed by atoms with van der Waals surface area (Å²) in [5.74, 6) is 0. The highest BCUT2D eigenvalue weighted by molar-refractivity contribution is 6.16. The number of anilines is 3. The van der Waals surface area contributed by atoms with Crippen LogP contribution in [0.25, 0.3) is 60.9 Å². The predicted octanol–water partition coefficient (Wildman–Crippen LogP) is 14.5. The molecule has 11 rings (SSSR count). The summed E-state index contributed by atoms with van der Waals surface area (Å²) in [4.78, 5) is 2.49. The Kier molecular flexibility index (Phi) is 6.98. The number of para-hydroxylation sites is 1. The van der Waals surface area contributed by atoms with Gasteiger partial charge < -0.3 is 9.47 Å². The maximum atomic E-state index is 2.52. The Bertz CT molecular complexity index is 2980. The number of nitrogens with zero attached hydrogens (tertiary/aromatic N) is 2. The molecule has 0 N–H and O–H groups in total. The zero-order chi connectivity index (χ0) is 37.8. The Hall–Kier alpha value is -6.64. The highest BCUT2D eigenvalue weighted by Crippen LogP contribution is 2.57. The molecule has 0 radical (unpaired) electrons. The van der Waals surface area contributed by atoms with E-state index in [1.165, 1.54) is 94.5 Å². The van der Waals surface area contributed by atoms with Crippen LogP contribution in [0, 0.1) is 0 Å². The molecule has 2 nitrogen and oxygen atoms in total. The Morgan fingerprint density at radius 1 is 0.375 bits per heavy atom. The topological polar surface area (TPSA) is 8.17 Å². The van der Waals surface area contributed by atoms with E-state index in [-0.39, 0.29) is 10.8 Å². The van der Waals surface area contributed by atoms with E-state index in [1.807, 2.05) is 0 Å². The van der Waals surface area contributed by atoms with Crippen LogP contribution in [0.4, 0.5) is 17.1 Å². The van der Waals surface area contributed by atoms with Gasteiger partial charge in [-0.05, 0) is 110 Å². The molecule has 0 bridgehead atoms. The fourth-order valence-corrected chi connectivity index (χ4v) is 9.99. The Balaban J connectivity index is 1.21. The lowest BCUT2D eigenvalue weighted by Gasteiger charge is -2.42. The van der Waals surface area contributed by atoms with Gasteiger partial charge in [-0.1, -0.05) is 155 Å². The smallest absolute Gasteiger partial charge is 0.0545 e. The molecule has 1 aromatic heterocycles. The molecule has 0 amide bonds. The van der Waals surface area contributed by atoms with Gasteiger partial charge in [-0.25, -0.2) is 0 Å². The normalized spacial score (nSPS) is 14.7. The van der Waals surface area contributed by atoms with Crippen LogP contribution in [-0.2, 0) is 10.8 Å². The van der Waals surface area contributed by atoms with Gasteiger partial charge in [0.05, 0.1) is 22.4 Å². The summed E-state index contributed by atoms with van der Waals surface area (Å²) >= 11 is 0. The number of benzene rings is 8. The molecule has 1 aliphatic heterocycles. The van der Waals surface area contributed by atoms with Gasteiger partial charge in [0.1, 0.15) is 0 Å². The van der Waals surface area contributed by atoms with Crippen LogP contribution in [0.2, 0.25) is 0 Å². The highest BCUT2D eigenvalue weighted by atomic mass is 15.2. The first-order valence-electron chi connectivity index (χ1n) is 19.8. The second-order valence-electron chi connectivity index (χ2n) is 16.6. The lowest BCUT2D eigenvalue weighted by atomic mass is 9.72. The Morgan fingerprint density at radius 3 is 1.59 bits per heavy atom. The van der Waals surface area contributed by atoms with E-state index in [4.69, 9.17) is 0 Å². The largest absolute Gasteiger partial charge is 0.310 e. The van der Waals surface area contributed by atoms with Crippen molar-refractivity contribution in [2.24, 2.45) is 0 Å². The Morgan fingerprint density at radius 2 is 0.929 bits per heavy atom. The third kappa shape index (κ3) is 4.62. The molecule has 0 saturated carbocycles. The van der Waals surface area contributed by atoms with Crippen molar-refractivity contribution < 1.29 is 0 Å². The third-order valence-corrected chi connectivity index (χ3v) is 12.8. The van der Waals surface area contributed by atoms with Crippen molar-refractivity contribution in [2.45, 2.75) is 38.5 Å². The molecule has 268 valence electrons. The number of aromatic nitrogens is 1. The van der Waals surface area contributed by atoms with Gasteiger partial charge in [-0.2, -0.15) is 0 Å². The molecule has 0 saturated heterocycles. The van der Waals surface area contributed by atoms with Crippen LogP contribution >= 0.6 is 0 Å². The number of hydrogen-bond acceptors (Lipinski definition) is 1. The van der Waals surface area contributed by atoms with Crippen molar-refractivity contribution in [2.75, 3.05) is 4.90 Å². The summed E-state index contributed by atoms with van der Waals surface area (Å²) in [5.41, 5.74) is 19.9. The third-order valence-electron chi connectivity index (χ3n) is 12.8. The van der Waals surface area contributed by atoms with Gasteiger partial charge in [0.25, 0.3) is 0 Å². The molecule has 8 aromatic carbocycles. The quantitative estimate of drug-likeness (QED) is 0.176. The minimum absolute atomic E-state index is 0.112. The zero-order valence-corrected chi connectivity index (χ0v) is 32.2. The first kappa shape index (κ1) is 32.8. The van der Waals surface area contributed by atoms with E-state index >= 15 is 0 Å². The average molecular weight is 719 g/mol. The predicted molar refractivity (Wildman–Crippen MR) is 236 cm³/mol. The van der Waals surface area contributed by atoms with Crippen LogP contribution in [-0.4, -0.2) is 4.57 Å². The summed E-state index contributed by atoms with van der Waals surface area (Å²) in [6.07, 6.45) is 0. The van der Waals surface area contributed by atoms with E-state index in [0.717, 1.165) is 5.69 Å². The lowest BCUT2D eigenvalue weighted by Crippen LogP contribution is -2.30. The van der Waals surface area contributed by atoms with Crippen LogP contribution < -0.4 is 4.90 Å². The number of hydrogen-bond donors (Lipinski definition) is 0. The van der Waals surface area contributed by atoms with Gasteiger partial charge in [0.2, 0.25) is 0 Å². The van der Waals surface area contributed by atoms with Crippen LogP contribution in [0.1, 0.15) is 49.9 Å². The SMILES string of the molecule is CC1(C)c2ccccc2-c2cc3c4c5c(ccc4n(-c4ccc(-c6ccccc6)cc4)c3cc21)N(c1ccc(-c2ccccc2)cc1)c1ccccc1C5(C)C. The van der Waals surface area contributed by atoms with Gasteiger partial charge in [0.15, 0.2) is 0 Å². The second-order valence-corrected chi connectivity index (χ2v) is 16.6. The van der Waals surface area contributed by atoms with Crippen LogP contribution in [0.3, 0.4) is 0 Å². The molecular weight excluding hydrogens is 677 g/mol. The van der Waals surface area contributed by atoms with Crippen LogP contribution in [0.5, 0.6) is 0 Å². The van der Waals surface area contributed by atoms with Gasteiger partial charge in [-0.15, -0.1) is 0 Å². The van der Waals surface area contributed by atoms with Crippen molar-refractivity contribution in [1.29, 1.82) is 0 Å². The molecule has 0 fully saturated rings. The molecule has 0 atom stereocenters. The second kappa shape index (κ2) is 11.9. The van der Waals surface area contributed by atoms with E-state index in [0.29, 0.717) is 0 Å². The molecule has 2 heteroatoms. The molecule has 2 aliphatic rings. The van der Waals surface area contributed by atoms with Gasteiger partial charge in [-0.3, -0.25) is 0 Å². The monoisotopic (exact) mass is 718 g/mol. The van der Waals surface area contributed by atoms with Crippen molar-refractivity contribution in [3.63, 3.8) is 0 Å². The van der Waals surface area contributed by atoms with Gasteiger partial charge in [0, 0.05) is 33.0 Å². The lowest BCUT2D eigenvalue weighted by molar-refractivity contribution is 0.638. The fourth-order valence-electron chi connectivity index (χ4n) is 9.99. The van der Waals surface area contributed by atoms with Crippen LogP contribution in [0.15, 0.2) is 182 Å². The minimum Gasteiger partial charge on any atom is -0.310 e. The molecule has 2 heterocycles. The summed E-state index contributed by atoms with van der Waals surface area (Å²) < 4.78 is 2.52. The van der Waals surface area contributed by atoms with E-state index in [1.54, 1.807) is 0 Å². The summed E-state index contributed by atoms with van der Waals surface area (Å²) in [6, 6.07) is 67.4. The van der Waals surface area contributed by atoms with E-state index in [2.05, 4.69) is 219 Å². The maximum Gasteiger partial charge on any atom is 0.0545 e. The summed E-state index contributed by atoms with van der Waals surface area (Å²) in [7, 11) is 0.